The summed E-state index contributed by atoms with van der Waals surface area (Å²) >= 11 is 0. The van der Waals surface area contributed by atoms with Gasteiger partial charge in [0.1, 0.15) is 0 Å². The molecule has 3 nitrogen and oxygen atoms in total. The number of carboxylic acid groups (broad SMARTS) is 1. The number of aliphatic hydroxyl groups is 1. The molecule has 0 heterocycles. The highest BCUT2D eigenvalue weighted by Gasteiger charge is 2.33. The number of carbonyl (C=O) groups is 1. The van der Waals surface area contributed by atoms with Crippen LogP contribution in [0.25, 0.3) is 0 Å². The fraction of sp³-hybridized carbons (Fsp3) is 0.300. The first-order chi connectivity index (χ1) is 7.41. The van der Waals surface area contributed by atoms with Gasteiger partial charge in [0.15, 0.2) is 0 Å². The highest BCUT2D eigenvalue weighted by molar-refractivity contribution is 5.70. The molecule has 1 rings (SSSR count). The quantitative estimate of drug-likeness (QED) is 0.825. The zero-order valence-corrected chi connectivity index (χ0v) is 8.45. The second-order valence-corrected chi connectivity index (χ2v) is 2.73. The molecule has 0 aliphatic rings. The van der Waals surface area contributed by atoms with Gasteiger partial charge >= 0.3 is 12.1 Å². The van der Waals surface area contributed by atoms with Crippen LogP contribution in [0.15, 0.2) is 24.3 Å². The zero-order chi connectivity index (χ0) is 12.8. The number of aliphatic hydroxyl groups excluding tert-OH is 1. The Balaban J connectivity index is 0.00000106. The Kier molecular flexibility index (Phi) is 5.52. The predicted octanol–water partition coefficient (Wildman–Crippen LogP) is 1.94. The molecule has 0 saturated carbocycles. The monoisotopic (exact) mass is 236 g/mol. The molecule has 0 aliphatic carbocycles. The van der Waals surface area contributed by atoms with E-state index < -0.39 is 24.1 Å². The normalized spacial score (nSPS) is 10.3. The molecule has 0 fully saturated rings. The minimum Gasteiger partial charge on any atom is -0.481 e. The summed E-state index contributed by atoms with van der Waals surface area (Å²) in [5.41, 5.74) is -1.10. The minimum absolute atomic E-state index is 0.215. The van der Waals surface area contributed by atoms with E-state index in [1.165, 1.54) is 12.1 Å². The van der Waals surface area contributed by atoms with Crippen molar-refractivity contribution >= 4 is 5.97 Å². The van der Waals surface area contributed by atoms with Crippen molar-refractivity contribution in [3.8, 4) is 0 Å². The molecule has 0 aromatic heterocycles. The summed E-state index contributed by atoms with van der Waals surface area (Å²) in [4.78, 5) is 10.3. The first kappa shape index (κ1) is 14.4. The lowest BCUT2D eigenvalue weighted by Crippen LogP contribution is -2.11. The maximum absolute atomic E-state index is 12.3. The second-order valence-electron chi connectivity index (χ2n) is 2.73. The van der Waals surface area contributed by atoms with E-state index in [4.69, 9.17) is 10.2 Å². The molecule has 0 spiro atoms. The summed E-state index contributed by atoms with van der Waals surface area (Å²) in [7, 11) is 1.00. The number of alkyl halides is 3. The van der Waals surface area contributed by atoms with Gasteiger partial charge in [-0.2, -0.15) is 13.2 Å². The van der Waals surface area contributed by atoms with Crippen LogP contribution in [0.2, 0.25) is 0 Å². The molecule has 0 aliphatic heterocycles. The lowest BCUT2D eigenvalue weighted by atomic mass is 10.0. The van der Waals surface area contributed by atoms with Gasteiger partial charge < -0.3 is 10.2 Å². The lowest BCUT2D eigenvalue weighted by molar-refractivity contribution is -0.139. The summed E-state index contributed by atoms with van der Waals surface area (Å²) in [6.07, 6.45) is -5.11. The SMILES string of the molecule is CO.O=C(O)Cc1ccccc1C(F)(F)F. The maximum atomic E-state index is 12.3. The lowest BCUT2D eigenvalue weighted by Gasteiger charge is -2.10. The van der Waals surface area contributed by atoms with Gasteiger partial charge in [0.05, 0.1) is 12.0 Å². The zero-order valence-electron chi connectivity index (χ0n) is 8.45. The molecule has 2 N–H and O–H groups in total. The van der Waals surface area contributed by atoms with Crippen molar-refractivity contribution in [3.63, 3.8) is 0 Å². The Morgan fingerprint density at radius 1 is 1.25 bits per heavy atom. The van der Waals surface area contributed by atoms with Crippen LogP contribution in [0.3, 0.4) is 0 Å². The van der Waals surface area contributed by atoms with Gasteiger partial charge in [0.2, 0.25) is 0 Å². The van der Waals surface area contributed by atoms with E-state index >= 15 is 0 Å². The molecule has 0 bridgehead atoms. The third-order valence-corrected chi connectivity index (χ3v) is 1.66. The van der Waals surface area contributed by atoms with Crippen LogP contribution in [-0.4, -0.2) is 23.3 Å². The van der Waals surface area contributed by atoms with E-state index in [1.807, 2.05) is 0 Å². The number of halogens is 3. The van der Waals surface area contributed by atoms with Gasteiger partial charge in [0, 0.05) is 7.11 Å². The summed E-state index contributed by atoms with van der Waals surface area (Å²) in [5, 5.41) is 15.4. The Morgan fingerprint density at radius 3 is 2.19 bits per heavy atom. The number of aliphatic carboxylic acids is 1. The summed E-state index contributed by atoms with van der Waals surface area (Å²) < 4.78 is 36.9. The van der Waals surface area contributed by atoms with Gasteiger partial charge in [-0.15, -0.1) is 0 Å². The third kappa shape index (κ3) is 4.31. The van der Waals surface area contributed by atoms with Gasteiger partial charge in [-0.3, -0.25) is 4.79 Å². The summed E-state index contributed by atoms with van der Waals surface area (Å²) in [5.74, 6) is -1.28. The predicted molar refractivity (Wildman–Crippen MR) is 50.9 cm³/mol. The second kappa shape index (κ2) is 6.12. The fourth-order valence-electron chi connectivity index (χ4n) is 1.11. The van der Waals surface area contributed by atoms with E-state index in [0.29, 0.717) is 0 Å². The van der Waals surface area contributed by atoms with Crippen LogP contribution in [0.5, 0.6) is 0 Å². The van der Waals surface area contributed by atoms with Crippen LogP contribution in [-0.2, 0) is 17.4 Å². The molecule has 90 valence electrons. The number of rotatable bonds is 2. The Labute approximate surface area is 90.1 Å². The number of benzene rings is 1. The van der Waals surface area contributed by atoms with E-state index in [-0.39, 0.29) is 5.56 Å². The molecular formula is C10H11F3O3. The molecule has 6 heteroatoms. The molecule has 1 aromatic carbocycles. The van der Waals surface area contributed by atoms with Crippen molar-refractivity contribution in [1.82, 2.24) is 0 Å². The third-order valence-electron chi connectivity index (χ3n) is 1.66. The van der Waals surface area contributed by atoms with Gasteiger partial charge in [-0.05, 0) is 11.6 Å². The van der Waals surface area contributed by atoms with Crippen LogP contribution in [0, 0.1) is 0 Å². The molecule has 16 heavy (non-hydrogen) atoms. The Morgan fingerprint density at radius 2 is 1.75 bits per heavy atom. The molecule has 0 saturated heterocycles. The van der Waals surface area contributed by atoms with Crippen LogP contribution in [0.4, 0.5) is 13.2 Å². The summed E-state index contributed by atoms with van der Waals surface area (Å²) in [6.45, 7) is 0. The number of carboxylic acids is 1. The van der Waals surface area contributed by atoms with Crippen molar-refractivity contribution in [2.75, 3.05) is 7.11 Å². The van der Waals surface area contributed by atoms with Crippen molar-refractivity contribution in [1.29, 1.82) is 0 Å². The van der Waals surface area contributed by atoms with Crippen molar-refractivity contribution in [2.45, 2.75) is 12.6 Å². The van der Waals surface area contributed by atoms with Crippen molar-refractivity contribution in [3.05, 3.63) is 35.4 Å². The van der Waals surface area contributed by atoms with E-state index in [0.717, 1.165) is 19.2 Å². The molecule has 1 aromatic rings. The first-order valence-electron chi connectivity index (χ1n) is 4.23. The molecule has 0 atom stereocenters. The van der Waals surface area contributed by atoms with E-state index in [2.05, 4.69) is 0 Å². The average Bonchev–Trinajstić information content (AvgIpc) is 2.19. The van der Waals surface area contributed by atoms with Gasteiger partial charge in [-0.1, -0.05) is 18.2 Å². The van der Waals surface area contributed by atoms with Gasteiger partial charge in [0.25, 0.3) is 0 Å². The van der Waals surface area contributed by atoms with Crippen LogP contribution >= 0.6 is 0 Å². The molecule has 0 radical (unpaired) electrons. The molecular weight excluding hydrogens is 225 g/mol. The average molecular weight is 236 g/mol. The fourth-order valence-corrected chi connectivity index (χ4v) is 1.11. The van der Waals surface area contributed by atoms with Crippen molar-refractivity contribution in [2.24, 2.45) is 0 Å². The largest absolute Gasteiger partial charge is 0.481 e. The smallest absolute Gasteiger partial charge is 0.416 e. The molecule has 0 amide bonds. The Bertz CT molecular complexity index is 347. The maximum Gasteiger partial charge on any atom is 0.416 e. The first-order valence-corrected chi connectivity index (χ1v) is 4.23. The summed E-state index contributed by atoms with van der Waals surface area (Å²) in [6, 6.07) is 4.65. The van der Waals surface area contributed by atoms with Crippen LogP contribution < -0.4 is 0 Å². The Hall–Kier alpha value is -1.56. The van der Waals surface area contributed by atoms with Gasteiger partial charge in [-0.25, -0.2) is 0 Å². The molecule has 0 unspecified atom stereocenters. The van der Waals surface area contributed by atoms with E-state index in [1.54, 1.807) is 0 Å². The number of hydrogen-bond acceptors (Lipinski definition) is 2. The van der Waals surface area contributed by atoms with E-state index in [9.17, 15) is 18.0 Å². The minimum atomic E-state index is -4.49. The standard InChI is InChI=1S/C9H7F3O2.CH4O/c10-9(11,12)7-4-2-1-3-6(7)5-8(13)14;1-2/h1-4H,5H2,(H,13,14);2H,1H3. The highest BCUT2D eigenvalue weighted by Crippen LogP contribution is 2.31. The topological polar surface area (TPSA) is 57.5 Å². The highest BCUT2D eigenvalue weighted by atomic mass is 19.4. The van der Waals surface area contributed by atoms with Crippen molar-refractivity contribution < 1.29 is 28.2 Å². The van der Waals surface area contributed by atoms with Crippen LogP contribution in [0.1, 0.15) is 11.1 Å². The number of hydrogen-bond donors (Lipinski definition) is 2.